The maximum atomic E-state index is 14.3. The average molecular weight is 549 g/mol. The van der Waals surface area contributed by atoms with Gasteiger partial charge < -0.3 is 14.6 Å². The molecule has 0 aliphatic carbocycles. The van der Waals surface area contributed by atoms with E-state index in [9.17, 15) is 27.5 Å². The lowest BCUT2D eigenvalue weighted by Crippen LogP contribution is -2.43. The van der Waals surface area contributed by atoms with Crippen LogP contribution >= 0.6 is 11.6 Å². The van der Waals surface area contributed by atoms with E-state index >= 15 is 0 Å². The van der Waals surface area contributed by atoms with Crippen molar-refractivity contribution in [2.45, 2.75) is 24.6 Å². The van der Waals surface area contributed by atoms with Crippen molar-refractivity contribution in [3.63, 3.8) is 0 Å². The fourth-order valence-corrected chi connectivity index (χ4v) is 4.28. The molecule has 0 fully saturated rings. The third-order valence-corrected chi connectivity index (χ3v) is 6.41. The Morgan fingerprint density at radius 3 is 2.47 bits per heavy atom. The Balaban J connectivity index is 1.72. The minimum absolute atomic E-state index is 0.0573. The maximum Gasteiger partial charge on any atom is 0.422 e. The maximum absolute atomic E-state index is 14.3. The van der Waals surface area contributed by atoms with Gasteiger partial charge in [-0.15, -0.1) is 0 Å². The second-order valence-electron chi connectivity index (χ2n) is 8.37. The van der Waals surface area contributed by atoms with Crippen LogP contribution in [0.5, 0.6) is 11.5 Å². The highest BCUT2D eigenvalue weighted by atomic mass is 35.5. The first-order chi connectivity index (χ1) is 18.0. The van der Waals surface area contributed by atoms with Gasteiger partial charge in [0.05, 0.1) is 36.0 Å². The van der Waals surface area contributed by atoms with E-state index in [2.05, 4.69) is 9.97 Å². The van der Waals surface area contributed by atoms with E-state index in [0.29, 0.717) is 10.9 Å². The van der Waals surface area contributed by atoms with Crippen LogP contribution in [-0.2, 0) is 5.60 Å². The SMILES string of the molecule is COc1ccc(C(O)(CCC(=O)c2ccc3ncccc3c2OC)C(F)(F)F)nc1-c1ccc(F)c(Cl)c1. The highest BCUT2D eigenvalue weighted by Gasteiger charge is 2.56. The van der Waals surface area contributed by atoms with Crippen LogP contribution in [0.4, 0.5) is 17.6 Å². The van der Waals surface area contributed by atoms with E-state index in [1.165, 1.54) is 38.5 Å². The zero-order valence-electron chi connectivity index (χ0n) is 20.1. The Bertz CT molecular complexity index is 1510. The standard InChI is InChI=1S/C27H21ClF4N2O4/c1-37-22-9-10-23(34-24(22)15-5-7-19(29)18(28)14-15)26(36,27(30,31)32)12-11-21(35)17-6-8-20-16(25(17)38-2)4-3-13-33-20/h3-10,13-14,36H,11-12H2,1-2H3. The molecular formula is C27H21ClF4N2O4. The number of fused-ring (bicyclic) bond motifs is 1. The molecule has 6 nitrogen and oxygen atoms in total. The summed E-state index contributed by atoms with van der Waals surface area (Å²) in [6, 6.07) is 12.0. The lowest BCUT2D eigenvalue weighted by atomic mass is 9.89. The Labute approximate surface area is 219 Å². The number of aliphatic hydroxyl groups is 1. The summed E-state index contributed by atoms with van der Waals surface area (Å²) >= 11 is 5.84. The van der Waals surface area contributed by atoms with Gasteiger partial charge in [0.25, 0.3) is 0 Å². The highest BCUT2D eigenvalue weighted by molar-refractivity contribution is 6.31. The number of ketones is 1. The van der Waals surface area contributed by atoms with Crippen LogP contribution in [0.2, 0.25) is 5.02 Å². The van der Waals surface area contributed by atoms with Gasteiger partial charge in [0.1, 0.15) is 23.0 Å². The fraction of sp³-hybridized carbons (Fsp3) is 0.222. The zero-order valence-corrected chi connectivity index (χ0v) is 20.9. The second-order valence-corrected chi connectivity index (χ2v) is 8.78. The number of rotatable bonds is 8. The summed E-state index contributed by atoms with van der Waals surface area (Å²) < 4.78 is 67.1. The predicted molar refractivity (Wildman–Crippen MR) is 133 cm³/mol. The van der Waals surface area contributed by atoms with Crippen LogP contribution in [0.1, 0.15) is 28.9 Å². The van der Waals surface area contributed by atoms with E-state index in [0.717, 1.165) is 12.1 Å². The van der Waals surface area contributed by atoms with E-state index in [4.69, 9.17) is 21.1 Å². The summed E-state index contributed by atoms with van der Waals surface area (Å²) in [6.07, 6.45) is -5.33. The van der Waals surface area contributed by atoms with E-state index in [1.54, 1.807) is 24.4 Å². The summed E-state index contributed by atoms with van der Waals surface area (Å²) in [7, 11) is 2.63. The fourth-order valence-electron chi connectivity index (χ4n) is 4.10. The van der Waals surface area contributed by atoms with E-state index < -0.39 is 41.9 Å². The summed E-state index contributed by atoms with van der Waals surface area (Å²) in [5, 5.41) is 11.2. The lowest BCUT2D eigenvalue weighted by Gasteiger charge is -2.30. The largest absolute Gasteiger partial charge is 0.495 e. The number of aromatic nitrogens is 2. The Hall–Kier alpha value is -3.76. The van der Waals surface area contributed by atoms with E-state index in [1.807, 2.05) is 0 Å². The Morgan fingerprint density at radius 2 is 1.82 bits per heavy atom. The number of alkyl halides is 3. The van der Waals surface area contributed by atoms with Crippen LogP contribution < -0.4 is 9.47 Å². The summed E-state index contributed by atoms with van der Waals surface area (Å²) in [6.45, 7) is 0. The number of ether oxygens (including phenoxy) is 2. The lowest BCUT2D eigenvalue weighted by molar-refractivity contribution is -0.270. The van der Waals surface area contributed by atoms with Crippen molar-refractivity contribution in [3.05, 3.63) is 82.9 Å². The molecule has 198 valence electrons. The quantitative estimate of drug-likeness (QED) is 0.199. The smallest absolute Gasteiger partial charge is 0.422 e. The van der Waals surface area contributed by atoms with Gasteiger partial charge in [-0.1, -0.05) is 11.6 Å². The summed E-state index contributed by atoms with van der Waals surface area (Å²) in [4.78, 5) is 21.3. The first-order valence-electron chi connectivity index (χ1n) is 11.2. The third kappa shape index (κ3) is 5.01. The number of halogens is 5. The molecule has 2 aromatic heterocycles. The molecule has 1 atom stereocenters. The predicted octanol–water partition coefficient (Wildman–Crippen LogP) is 6.52. The molecule has 0 saturated heterocycles. The minimum Gasteiger partial charge on any atom is -0.495 e. The molecule has 0 saturated carbocycles. The minimum atomic E-state index is -5.19. The van der Waals surface area contributed by atoms with Gasteiger partial charge in [-0.2, -0.15) is 13.2 Å². The molecule has 0 aliphatic heterocycles. The van der Waals surface area contributed by atoms with Crippen LogP contribution in [0.15, 0.2) is 60.8 Å². The highest BCUT2D eigenvalue weighted by Crippen LogP contribution is 2.44. The van der Waals surface area contributed by atoms with Crippen LogP contribution in [0.25, 0.3) is 22.2 Å². The molecule has 0 amide bonds. The summed E-state index contributed by atoms with van der Waals surface area (Å²) in [5.74, 6) is -1.15. The Kier molecular flexibility index (Phi) is 7.57. The number of hydrogen-bond donors (Lipinski definition) is 1. The molecule has 1 unspecified atom stereocenters. The molecule has 0 aliphatic rings. The van der Waals surface area contributed by atoms with Gasteiger partial charge in [0.15, 0.2) is 5.78 Å². The molecule has 38 heavy (non-hydrogen) atoms. The van der Waals surface area contributed by atoms with Crippen molar-refractivity contribution in [1.82, 2.24) is 9.97 Å². The number of pyridine rings is 2. The van der Waals surface area contributed by atoms with Crippen LogP contribution in [0, 0.1) is 5.82 Å². The number of carbonyl (C=O) groups excluding carboxylic acids is 1. The molecule has 2 aromatic carbocycles. The number of Topliss-reactive ketones (excluding diaryl/α,β-unsaturated/α-hetero) is 1. The zero-order chi connectivity index (χ0) is 27.7. The van der Waals surface area contributed by atoms with Gasteiger partial charge in [-0.25, -0.2) is 9.37 Å². The molecule has 0 radical (unpaired) electrons. The van der Waals surface area contributed by atoms with Crippen molar-refractivity contribution in [2.24, 2.45) is 0 Å². The van der Waals surface area contributed by atoms with Crippen molar-refractivity contribution in [1.29, 1.82) is 0 Å². The molecular weight excluding hydrogens is 528 g/mol. The van der Waals surface area contributed by atoms with E-state index in [-0.39, 0.29) is 33.3 Å². The van der Waals surface area contributed by atoms with Crippen molar-refractivity contribution >= 4 is 28.3 Å². The Morgan fingerprint density at radius 1 is 1.05 bits per heavy atom. The molecule has 11 heteroatoms. The average Bonchev–Trinajstić information content (AvgIpc) is 2.91. The normalized spacial score (nSPS) is 13.3. The molecule has 0 bridgehead atoms. The molecule has 0 spiro atoms. The molecule has 2 heterocycles. The van der Waals surface area contributed by atoms with Crippen molar-refractivity contribution < 1.29 is 36.9 Å². The molecule has 4 rings (SSSR count). The number of hydrogen-bond acceptors (Lipinski definition) is 6. The van der Waals surface area contributed by atoms with Crippen molar-refractivity contribution in [2.75, 3.05) is 14.2 Å². The second kappa shape index (κ2) is 10.5. The van der Waals surface area contributed by atoms with Crippen LogP contribution in [0.3, 0.4) is 0 Å². The number of nitrogens with zero attached hydrogens (tertiary/aromatic N) is 2. The van der Waals surface area contributed by atoms with Gasteiger partial charge in [0, 0.05) is 23.6 Å². The first-order valence-corrected chi connectivity index (χ1v) is 11.6. The number of benzene rings is 2. The molecule has 4 aromatic rings. The van der Waals surface area contributed by atoms with Crippen LogP contribution in [-0.4, -0.2) is 41.3 Å². The van der Waals surface area contributed by atoms with Gasteiger partial charge in [0.2, 0.25) is 5.60 Å². The molecule has 1 N–H and O–H groups in total. The number of methoxy groups -OCH3 is 2. The number of carbonyl (C=O) groups is 1. The van der Waals surface area contributed by atoms with Crippen molar-refractivity contribution in [3.8, 4) is 22.8 Å². The topological polar surface area (TPSA) is 81.5 Å². The summed E-state index contributed by atoms with van der Waals surface area (Å²) in [5.41, 5.74) is -3.57. The third-order valence-electron chi connectivity index (χ3n) is 6.12. The van der Waals surface area contributed by atoms with Gasteiger partial charge in [-0.3, -0.25) is 9.78 Å². The van der Waals surface area contributed by atoms with Gasteiger partial charge >= 0.3 is 6.18 Å². The van der Waals surface area contributed by atoms with Gasteiger partial charge in [-0.05, 0) is 61.0 Å². The monoisotopic (exact) mass is 548 g/mol. The first kappa shape index (κ1) is 27.3.